The number of methoxy groups -OCH3 is 1. The first-order valence-corrected chi connectivity index (χ1v) is 4.94. The van der Waals surface area contributed by atoms with E-state index in [0.29, 0.717) is 4.47 Å². The zero-order valence-corrected chi connectivity index (χ0v) is 9.97. The van der Waals surface area contributed by atoms with Gasteiger partial charge in [-0.2, -0.15) is 0 Å². The van der Waals surface area contributed by atoms with Gasteiger partial charge in [0.25, 0.3) is 0 Å². The molecule has 0 spiro atoms. The van der Waals surface area contributed by atoms with Crippen LogP contribution in [0.25, 0.3) is 10.5 Å². The van der Waals surface area contributed by atoms with Crippen LogP contribution in [0.2, 0.25) is 0 Å². The number of hydrogen-bond acceptors (Lipinski definition) is 2. The maximum absolute atomic E-state index is 13.6. The van der Waals surface area contributed by atoms with Crippen molar-refractivity contribution in [1.29, 1.82) is 0 Å². The van der Waals surface area contributed by atoms with E-state index in [9.17, 15) is 9.18 Å². The van der Waals surface area contributed by atoms with E-state index in [0.717, 1.165) is 13.2 Å². The van der Waals surface area contributed by atoms with Gasteiger partial charge in [0.1, 0.15) is 5.82 Å². The first kappa shape index (κ1) is 12.4. The summed E-state index contributed by atoms with van der Waals surface area (Å²) in [4.78, 5) is 14.4. The molecule has 5 heteroatoms. The lowest BCUT2D eigenvalue weighted by molar-refractivity contribution is 0.0595. The van der Waals surface area contributed by atoms with Gasteiger partial charge in [-0.15, -0.1) is 0 Å². The van der Waals surface area contributed by atoms with Gasteiger partial charge in [-0.25, -0.2) is 14.0 Å². The molecule has 0 atom stereocenters. The van der Waals surface area contributed by atoms with Gasteiger partial charge in [-0.1, -0.05) is 28.6 Å². The molecule has 0 saturated carbocycles. The predicted molar refractivity (Wildman–Crippen MR) is 61.1 cm³/mol. The molecule has 0 unspecified atom stereocenters. The topological polar surface area (TPSA) is 30.7 Å². The quantitative estimate of drug-likeness (QED) is 0.616. The van der Waals surface area contributed by atoms with Crippen molar-refractivity contribution in [3.8, 4) is 0 Å². The number of hydrogen-bond donors (Lipinski definition) is 0. The molecule has 0 bridgehead atoms. The third kappa shape index (κ3) is 2.28. The van der Waals surface area contributed by atoms with Gasteiger partial charge in [0, 0.05) is 4.47 Å². The van der Waals surface area contributed by atoms with Crippen molar-refractivity contribution in [3.63, 3.8) is 0 Å². The molecule has 1 aromatic carbocycles. The van der Waals surface area contributed by atoms with Crippen LogP contribution in [-0.4, -0.2) is 13.1 Å². The Morgan fingerprint density at radius 2 is 2.25 bits per heavy atom. The second-order valence-corrected chi connectivity index (χ2v) is 3.78. The molecule has 0 amide bonds. The minimum Gasteiger partial charge on any atom is -0.465 e. The van der Waals surface area contributed by atoms with Gasteiger partial charge in [-0.3, -0.25) is 0 Å². The van der Waals surface area contributed by atoms with Crippen LogP contribution < -0.4 is 0 Å². The Kier molecular flexibility index (Phi) is 3.80. The minimum atomic E-state index is -0.829. The number of benzene rings is 1. The van der Waals surface area contributed by atoms with E-state index in [1.54, 1.807) is 0 Å². The summed E-state index contributed by atoms with van der Waals surface area (Å²) >= 11 is 3.08. The Balaban J connectivity index is 3.51. The Morgan fingerprint density at radius 1 is 1.62 bits per heavy atom. The second-order valence-electron chi connectivity index (χ2n) is 2.86. The number of ether oxygens (including phenoxy) is 1. The smallest absolute Gasteiger partial charge is 0.340 e. The molecule has 0 saturated heterocycles. The summed E-state index contributed by atoms with van der Waals surface area (Å²) < 4.78 is 18.5. The Bertz CT molecular complexity index is 505. The Morgan fingerprint density at radius 3 is 2.75 bits per heavy atom. The van der Waals surface area contributed by atoms with E-state index in [2.05, 4.69) is 32.1 Å². The van der Waals surface area contributed by atoms with Crippen LogP contribution in [0.5, 0.6) is 0 Å². The average molecular weight is 284 g/mol. The molecular weight excluding hydrogens is 277 g/mol. The average Bonchev–Trinajstić information content (AvgIpc) is 2.26. The fourth-order valence-corrected chi connectivity index (χ4v) is 1.60. The lowest BCUT2D eigenvalue weighted by atomic mass is 10.0. The third-order valence-electron chi connectivity index (χ3n) is 1.89. The van der Waals surface area contributed by atoms with Gasteiger partial charge in [0.05, 0.1) is 19.2 Å². The summed E-state index contributed by atoms with van der Waals surface area (Å²) in [5.74, 6) is -1.58. The summed E-state index contributed by atoms with van der Waals surface area (Å²) in [5, 5.41) is 0. The summed E-state index contributed by atoms with van der Waals surface area (Å²) in [6.07, 6.45) is 0. The summed E-state index contributed by atoms with van der Waals surface area (Å²) in [6.45, 7) is 10.3. The van der Waals surface area contributed by atoms with Crippen LogP contribution in [-0.2, 0) is 4.74 Å². The number of carbonyl (C=O) groups excluding carboxylic acids is 1. The number of esters is 1. The molecule has 1 aromatic rings. The molecule has 1 rings (SSSR count). The molecule has 0 aliphatic carbocycles. The number of rotatable bonds is 2. The van der Waals surface area contributed by atoms with E-state index in [1.807, 2.05) is 0 Å². The summed E-state index contributed by atoms with van der Waals surface area (Å²) in [6, 6.07) is 2.59. The largest absolute Gasteiger partial charge is 0.465 e. The highest BCUT2D eigenvalue weighted by molar-refractivity contribution is 9.10. The van der Waals surface area contributed by atoms with Crippen molar-refractivity contribution in [2.24, 2.45) is 0 Å². The fraction of sp³-hybridized carbons (Fsp3) is 0.0909. The van der Waals surface area contributed by atoms with Gasteiger partial charge in [0.15, 0.2) is 5.70 Å². The van der Waals surface area contributed by atoms with E-state index >= 15 is 0 Å². The van der Waals surface area contributed by atoms with Crippen molar-refractivity contribution in [2.45, 2.75) is 0 Å². The van der Waals surface area contributed by atoms with Crippen LogP contribution in [0.4, 0.5) is 4.39 Å². The highest BCUT2D eigenvalue weighted by Crippen LogP contribution is 2.26. The van der Waals surface area contributed by atoms with E-state index in [4.69, 9.17) is 6.57 Å². The van der Waals surface area contributed by atoms with Crippen LogP contribution in [0, 0.1) is 12.4 Å². The van der Waals surface area contributed by atoms with Crippen molar-refractivity contribution >= 4 is 27.6 Å². The van der Waals surface area contributed by atoms with Gasteiger partial charge >= 0.3 is 5.97 Å². The van der Waals surface area contributed by atoms with Crippen molar-refractivity contribution < 1.29 is 13.9 Å². The van der Waals surface area contributed by atoms with Gasteiger partial charge in [-0.05, 0) is 11.6 Å². The zero-order chi connectivity index (χ0) is 12.3. The Hall–Kier alpha value is -1.67. The van der Waals surface area contributed by atoms with Crippen LogP contribution in [0.1, 0.15) is 15.9 Å². The van der Waals surface area contributed by atoms with E-state index in [1.165, 1.54) is 6.07 Å². The van der Waals surface area contributed by atoms with Crippen molar-refractivity contribution in [3.05, 3.63) is 51.5 Å². The predicted octanol–water partition coefficient (Wildman–Crippen LogP) is 3.26. The van der Waals surface area contributed by atoms with Crippen molar-refractivity contribution in [2.75, 3.05) is 7.11 Å². The normalized spacial score (nSPS) is 9.38. The molecule has 16 heavy (non-hydrogen) atoms. The lowest BCUT2D eigenvalue weighted by Gasteiger charge is -2.08. The van der Waals surface area contributed by atoms with Gasteiger partial charge < -0.3 is 4.74 Å². The molecule has 0 N–H and O–H groups in total. The van der Waals surface area contributed by atoms with E-state index in [-0.39, 0.29) is 16.8 Å². The molecule has 0 fully saturated rings. The standard InChI is InChI=1S/C11H7BrFNO2/c1-6(14-2)8-4-7(12)5-9(13)10(8)11(15)16-3/h4-5H,1H2,3H3. The minimum absolute atomic E-state index is 0.0133. The Labute approximate surface area is 100 Å². The highest BCUT2D eigenvalue weighted by Gasteiger charge is 2.20. The number of carbonyl (C=O) groups is 1. The van der Waals surface area contributed by atoms with E-state index < -0.39 is 11.8 Å². The van der Waals surface area contributed by atoms with Crippen LogP contribution >= 0.6 is 15.9 Å². The monoisotopic (exact) mass is 283 g/mol. The SMILES string of the molecule is [C-]#[N+]C(=C)c1cc(Br)cc(F)c1C(=O)OC. The summed E-state index contributed by atoms with van der Waals surface area (Å²) in [7, 11) is 1.15. The molecule has 3 nitrogen and oxygen atoms in total. The maximum Gasteiger partial charge on any atom is 0.340 e. The first-order valence-electron chi connectivity index (χ1n) is 4.15. The van der Waals surface area contributed by atoms with Crippen LogP contribution in [0.3, 0.4) is 0 Å². The second kappa shape index (κ2) is 4.90. The third-order valence-corrected chi connectivity index (χ3v) is 2.35. The van der Waals surface area contributed by atoms with Crippen LogP contribution in [0.15, 0.2) is 23.2 Å². The number of nitrogens with zero attached hydrogens (tertiary/aromatic N) is 1. The fourth-order valence-electron chi connectivity index (χ4n) is 1.17. The van der Waals surface area contributed by atoms with Crippen molar-refractivity contribution in [1.82, 2.24) is 0 Å². The summed E-state index contributed by atoms with van der Waals surface area (Å²) in [5.41, 5.74) is -0.152. The highest BCUT2D eigenvalue weighted by atomic mass is 79.9. The molecule has 0 aromatic heterocycles. The van der Waals surface area contributed by atoms with Gasteiger partial charge in [0.2, 0.25) is 0 Å². The zero-order valence-electron chi connectivity index (χ0n) is 8.38. The molecule has 0 heterocycles. The number of halogens is 2. The first-order chi connectivity index (χ1) is 7.51. The molecule has 0 radical (unpaired) electrons. The maximum atomic E-state index is 13.6. The molecule has 82 valence electrons. The molecule has 0 aliphatic rings. The molecular formula is C11H7BrFNO2. The lowest BCUT2D eigenvalue weighted by Crippen LogP contribution is -2.08. The molecule has 0 aliphatic heterocycles.